The lowest BCUT2D eigenvalue weighted by Gasteiger charge is -2.36. The van der Waals surface area contributed by atoms with Crippen LogP contribution in [0.1, 0.15) is 22.0 Å². The van der Waals surface area contributed by atoms with Crippen LogP contribution in [0.2, 0.25) is 0 Å². The summed E-state index contributed by atoms with van der Waals surface area (Å²) in [5.74, 6) is -0.0229. The molecule has 0 radical (unpaired) electrons. The number of piperazine rings is 1. The fourth-order valence-electron chi connectivity index (χ4n) is 4.38. The summed E-state index contributed by atoms with van der Waals surface area (Å²) in [5.41, 5.74) is 0.791. The number of Topliss-reactive ketones (excluding diaryl/α,β-unsaturated/α-hetero) is 1. The molecule has 180 valence electrons. The van der Waals surface area contributed by atoms with Gasteiger partial charge in [0.1, 0.15) is 5.82 Å². The van der Waals surface area contributed by atoms with Gasteiger partial charge in [-0.2, -0.15) is 0 Å². The molecule has 35 heavy (non-hydrogen) atoms. The monoisotopic (exact) mass is 477 g/mol. The Labute approximate surface area is 201 Å². The van der Waals surface area contributed by atoms with Crippen molar-refractivity contribution >= 4 is 11.7 Å². The van der Waals surface area contributed by atoms with Gasteiger partial charge in [-0.05, 0) is 48.0 Å². The molecular formula is C26H24FN3O5. The van der Waals surface area contributed by atoms with E-state index in [9.17, 15) is 18.8 Å². The number of hydrogen-bond acceptors (Lipinski definition) is 6. The van der Waals surface area contributed by atoms with Gasteiger partial charge >= 0.3 is 0 Å². The minimum Gasteiger partial charge on any atom is -0.454 e. The SMILES string of the molecule is O=C(c1ccc(F)cc1)[C@H](C(=O)N1CCN(Cc2ccc3c(c2)OCO3)CC1)n1ccccc1=O. The summed E-state index contributed by atoms with van der Waals surface area (Å²) < 4.78 is 25.3. The van der Waals surface area contributed by atoms with E-state index in [1.807, 2.05) is 18.2 Å². The topological polar surface area (TPSA) is 81.1 Å². The number of nitrogens with zero attached hydrogens (tertiary/aromatic N) is 3. The number of ketones is 1. The number of fused-ring (bicyclic) bond motifs is 1. The van der Waals surface area contributed by atoms with Gasteiger partial charge in [-0.15, -0.1) is 0 Å². The van der Waals surface area contributed by atoms with E-state index >= 15 is 0 Å². The Hall–Kier alpha value is -3.98. The molecule has 1 aromatic heterocycles. The van der Waals surface area contributed by atoms with E-state index in [0.717, 1.165) is 33.8 Å². The smallest absolute Gasteiger partial charge is 0.253 e. The number of benzene rings is 2. The normalized spacial score (nSPS) is 16.2. The summed E-state index contributed by atoms with van der Waals surface area (Å²) in [6.45, 7) is 2.97. The number of halogens is 1. The van der Waals surface area contributed by atoms with Gasteiger partial charge in [0.05, 0.1) is 0 Å². The standard InChI is InChI=1S/C26H24FN3O5/c27-20-7-5-19(6-8-20)25(32)24(30-10-2-1-3-23(30)31)26(33)29-13-11-28(12-14-29)16-18-4-9-21-22(15-18)35-17-34-21/h1-10,15,24H,11-14,16-17H2/t24-/m1/s1. The number of pyridine rings is 1. The lowest BCUT2D eigenvalue weighted by atomic mass is 10.0. The summed E-state index contributed by atoms with van der Waals surface area (Å²) >= 11 is 0. The van der Waals surface area contributed by atoms with Gasteiger partial charge in [-0.25, -0.2) is 4.39 Å². The minimum absolute atomic E-state index is 0.168. The predicted molar refractivity (Wildman–Crippen MR) is 125 cm³/mol. The van der Waals surface area contributed by atoms with Crippen molar-refractivity contribution in [3.8, 4) is 11.5 Å². The number of carbonyl (C=O) groups excluding carboxylic acids is 2. The molecule has 3 aromatic rings. The molecule has 1 amide bonds. The first kappa shape index (κ1) is 22.8. The molecule has 1 fully saturated rings. The predicted octanol–water partition coefficient (Wildman–Crippen LogP) is 2.48. The van der Waals surface area contributed by atoms with Crippen LogP contribution in [0.3, 0.4) is 0 Å². The van der Waals surface area contributed by atoms with Crippen LogP contribution in [-0.2, 0) is 11.3 Å². The van der Waals surface area contributed by atoms with Crippen molar-refractivity contribution in [1.82, 2.24) is 14.4 Å². The molecule has 0 spiro atoms. The fraction of sp³-hybridized carbons (Fsp3) is 0.269. The van der Waals surface area contributed by atoms with Gasteiger partial charge in [-0.1, -0.05) is 12.1 Å². The molecule has 0 bridgehead atoms. The Kier molecular flexibility index (Phi) is 6.33. The molecule has 0 unspecified atom stereocenters. The number of amides is 1. The zero-order valence-electron chi connectivity index (χ0n) is 18.9. The van der Waals surface area contributed by atoms with Gasteiger partial charge in [0.25, 0.3) is 11.5 Å². The maximum Gasteiger partial charge on any atom is 0.253 e. The molecule has 2 aliphatic heterocycles. The van der Waals surface area contributed by atoms with Crippen LogP contribution in [0.4, 0.5) is 4.39 Å². The second-order valence-electron chi connectivity index (χ2n) is 8.51. The Morgan fingerprint density at radius 2 is 1.66 bits per heavy atom. The third-order valence-electron chi connectivity index (χ3n) is 6.27. The lowest BCUT2D eigenvalue weighted by Crippen LogP contribution is -2.52. The quantitative estimate of drug-likeness (QED) is 0.401. The van der Waals surface area contributed by atoms with Crippen molar-refractivity contribution in [3.63, 3.8) is 0 Å². The van der Waals surface area contributed by atoms with Crippen molar-refractivity contribution in [2.75, 3.05) is 33.0 Å². The van der Waals surface area contributed by atoms with Crippen LogP contribution < -0.4 is 15.0 Å². The van der Waals surface area contributed by atoms with E-state index in [1.165, 1.54) is 24.4 Å². The molecule has 0 saturated carbocycles. The molecular weight excluding hydrogens is 453 g/mol. The highest BCUT2D eigenvalue weighted by molar-refractivity contribution is 6.11. The largest absolute Gasteiger partial charge is 0.454 e. The fourth-order valence-corrected chi connectivity index (χ4v) is 4.38. The van der Waals surface area contributed by atoms with E-state index in [4.69, 9.17) is 9.47 Å². The minimum atomic E-state index is -1.35. The van der Waals surface area contributed by atoms with E-state index in [-0.39, 0.29) is 12.4 Å². The van der Waals surface area contributed by atoms with E-state index in [1.54, 1.807) is 17.0 Å². The van der Waals surface area contributed by atoms with Gasteiger partial charge < -0.3 is 14.4 Å². The molecule has 0 N–H and O–H groups in total. The number of aromatic nitrogens is 1. The molecule has 2 aliphatic rings. The molecule has 1 saturated heterocycles. The van der Waals surface area contributed by atoms with Crippen molar-refractivity contribution in [3.05, 3.63) is 94.2 Å². The summed E-state index contributed by atoms with van der Waals surface area (Å²) in [7, 11) is 0. The van der Waals surface area contributed by atoms with Crippen LogP contribution in [0.25, 0.3) is 0 Å². The molecule has 3 heterocycles. The van der Waals surface area contributed by atoms with E-state index in [0.29, 0.717) is 32.7 Å². The Morgan fingerprint density at radius 3 is 2.40 bits per heavy atom. The van der Waals surface area contributed by atoms with Crippen molar-refractivity contribution in [2.24, 2.45) is 0 Å². The summed E-state index contributed by atoms with van der Waals surface area (Å²) in [6.07, 6.45) is 1.43. The Morgan fingerprint density at radius 1 is 0.914 bits per heavy atom. The highest BCUT2D eigenvalue weighted by atomic mass is 19.1. The highest BCUT2D eigenvalue weighted by Gasteiger charge is 2.35. The zero-order chi connectivity index (χ0) is 24.4. The molecule has 1 atom stereocenters. The van der Waals surface area contributed by atoms with Gasteiger partial charge in [-0.3, -0.25) is 23.9 Å². The number of carbonyl (C=O) groups is 2. The molecule has 2 aromatic carbocycles. The van der Waals surface area contributed by atoms with Gasteiger partial charge in [0.15, 0.2) is 23.3 Å². The maximum absolute atomic E-state index is 13.5. The van der Waals surface area contributed by atoms with Gasteiger partial charge in [0.2, 0.25) is 6.79 Å². The molecule has 8 nitrogen and oxygen atoms in total. The first-order valence-corrected chi connectivity index (χ1v) is 11.4. The highest BCUT2D eigenvalue weighted by Crippen LogP contribution is 2.33. The van der Waals surface area contributed by atoms with E-state index in [2.05, 4.69) is 4.90 Å². The van der Waals surface area contributed by atoms with Crippen LogP contribution >= 0.6 is 0 Å². The van der Waals surface area contributed by atoms with Crippen molar-refractivity contribution in [2.45, 2.75) is 12.6 Å². The average molecular weight is 477 g/mol. The summed E-state index contributed by atoms with van der Waals surface area (Å²) in [6, 6.07) is 13.9. The van der Waals surface area contributed by atoms with Crippen LogP contribution in [0.15, 0.2) is 71.7 Å². The van der Waals surface area contributed by atoms with Crippen LogP contribution in [0, 0.1) is 5.82 Å². The number of rotatable bonds is 6. The van der Waals surface area contributed by atoms with Crippen LogP contribution in [0.5, 0.6) is 11.5 Å². The lowest BCUT2D eigenvalue weighted by molar-refractivity contribution is -0.135. The molecule has 5 rings (SSSR count). The molecule has 0 aliphatic carbocycles. The average Bonchev–Trinajstić information content (AvgIpc) is 3.34. The third kappa shape index (κ3) is 4.81. The first-order chi connectivity index (χ1) is 17.0. The van der Waals surface area contributed by atoms with E-state index < -0.39 is 29.1 Å². The number of ether oxygens (including phenoxy) is 2. The second kappa shape index (κ2) is 9.71. The van der Waals surface area contributed by atoms with Crippen molar-refractivity contribution in [1.29, 1.82) is 0 Å². The summed E-state index contributed by atoms with van der Waals surface area (Å²) in [5, 5.41) is 0. The zero-order valence-corrected chi connectivity index (χ0v) is 18.9. The second-order valence-corrected chi connectivity index (χ2v) is 8.51. The first-order valence-electron chi connectivity index (χ1n) is 11.4. The maximum atomic E-state index is 13.5. The Bertz CT molecular complexity index is 1300. The molecule has 9 heteroatoms. The Balaban J connectivity index is 1.31. The van der Waals surface area contributed by atoms with Crippen LogP contribution in [-0.4, -0.2) is 59.0 Å². The third-order valence-corrected chi connectivity index (χ3v) is 6.27. The van der Waals surface area contributed by atoms with Gasteiger partial charge in [0, 0.05) is 50.6 Å². The van der Waals surface area contributed by atoms with Crippen molar-refractivity contribution < 1.29 is 23.5 Å². The summed E-state index contributed by atoms with van der Waals surface area (Å²) in [4.78, 5) is 43.2. The number of hydrogen-bond donors (Lipinski definition) is 0.